The minimum absolute atomic E-state index is 0.219. The lowest BCUT2D eigenvalue weighted by Gasteiger charge is -2.10. The van der Waals surface area contributed by atoms with Crippen molar-refractivity contribution in [3.63, 3.8) is 0 Å². The molecule has 0 amide bonds. The molecule has 0 bridgehead atoms. The van der Waals surface area contributed by atoms with Crippen LogP contribution in [0.1, 0.15) is 6.42 Å². The largest absolute Gasteiger partial charge is 0.493 e. The summed E-state index contributed by atoms with van der Waals surface area (Å²) in [5, 5.41) is 3.03. The Hall–Kier alpha value is -2.41. The van der Waals surface area contributed by atoms with Crippen molar-refractivity contribution in [1.82, 2.24) is 0 Å². The topological polar surface area (TPSA) is 68.9 Å². The molecule has 25 heavy (non-hydrogen) atoms. The molecule has 0 spiro atoms. The smallest absolute Gasteiger partial charge is 0.193 e. The number of aliphatic imine (C=N–C) groups is 1. The maximum atomic E-state index is 12.8. The summed E-state index contributed by atoms with van der Waals surface area (Å²) in [4.78, 5) is 5.34. The first-order valence-corrected chi connectivity index (χ1v) is 8.78. The van der Waals surface area contributed by atoms with Gasteiger partial charge in [0, 0.05) is 23.2 Å². The monoisotopic (exact) mass is 363 g/mol. The number of rotatable bonds is 8. The summed E-state index contributed by atoms with van der Waals surface area (Å²) in [6.45, 7) is 0.611. The maximum absolute atomic E-state index is 12.8. The van der Waals surface area contributed by atoms with Crippen molar-refractivity contribution in [2.45, 2.75) is 11.3 Å². The van der Waals surface area contributed by atoms with E-state index in [2.05, 4.69) is 10.3 Å². The van der Waals surface area contributed by atoms with Gasteiger partial charge in [-0.05, 0) is 48.6 Å². The van der Waals surface area contributed by atoms with E-state index >= 15 is 0 Å². The van der Waals surface area contributed by atoms with E-state index < -0.39 is 0 Å². The number of nitrogens with two attached hydrogens (primary N) is 1. The van der Waals surface area contributed by atoms with E-state index in [0.717, 1.165) is 22.8 Å². The van der Waals surface area contributed by atoms with Gasteiger partial charge in [0.05, 0.1) is 14.2 Å². The number of benzene rings is 2. The van der Waals surface area contributed by atoms with Crippen LogP contribution in [0.15, 0.2) is 52.4 Å². The highest BCUT2D eigenvalue weighted by molar-refractivity contribution is 7.99. The number of halogens is 1. The summed E-state index contributed by atoms with van der Waals surface area (Å²) in [5.41, 5.74) is 6.67. The van der Waals surface area contributed by atoms with Crippen LogP contribution in [0, 0.1) is 5.82 Å². The molecule has 0 heterocycles. The molecular weight excluding hydrogens is 341 g/mol. The van der Waals surface area contributed by atoms with Crippen molar-refractivity contribution in [3.8, 4) is 11.5 Å². The molecule has 7 heteroatoms. The predicted octanol–water partition coefficient (Wildman–Crippen LogP) is 3.75. The van der Waals surface area contributed by atoms with Gasteiger partial charge in [-0.15, -0.1) is 11.8 Å². The molecule has 0 fully saturated rings. The van der Waals surface area contributed by atoms with Gasteiger partial charge in [-0.1, -0.05) is 0 Å². The van der Waals surface area contributed by atoms with Gasteiger partial charge in [0.2, 0.25) is 0 Å². The van der Waals surface area contributed by atoms with E-state index in [1.54, 1.807) is 50.2 Å². The maximum Gasteiger partial charge on any atom is 0.193 e. The number of methoxy groups -OCH3 is 2. The summed E-state index contributed by atoms with van der Waals surface area (Å²) >= 11 is 1.67. The Balaban J connectivity index is 1.76. The van der Waals surface area contributed by atoms with Gasteiger partial charge in [0.25, 0.3) is 0 Å². The molecule has 0 saturated carbocycles. The molecule has 0 aliphatic carbocycles. The molecule has 2 rings (SSSR count). The van der Waals surface area contributed by atoms with E-state index in [4.69, 9.17) is 15.2 Å². The summed E-state index contributed by atoms with van der Waals surface area (Å²) in [5.74, 6) is 2.29. The van der Waals surface area contributed by atoms with Crippen LogP contribution >= 0.6 is 11.8 Å². The Morgan fingerprint density at radius 1 is 1.12 bits per heavy atom. The minimum Gasteiger partial charge on any atom is -0.493 e. The van der Waals surface area contributed by atoms with Crippen LogP contribution in [0.2, 0.25) is 0 Å². The quantitative estimate of drug-likeness (QED) is 0.324. The molecular formula is C18H22FN3O2S. The van der Waals surface area contributed by atoms with E-state index in [9.17, 15) is 4.39 Å². The van der Waals surface area contributed by atoms with E-state index in [-0.39, 0.29) is 5.82 Å². The van der Waals surface area contributed by atoms with Gasteiger partial charge in [0.15, 0.2) is 17.5 Å². The lowest BCUT2D eigenvalue weighted by molar-refractivity contribution is 0.355. The average Bonchev–Trinajstić information content (AvgIpc) is 2.62. The van der Waals surface area contributed by atoms with E-state index in [1.165, 1.54) is 12.1 Å². The Morgan fingerprint density at radius 3 is 2.52 bits per heavy atom. The lowest BCUT2D eigenvalue weighted by Crippen LogP contribution is -2.22. The second-order valence-electron chi connectivity index (χ2n) is 5.12. The number of ether oxygens (including phenoxy) is 2. The zero-order chi connectivity index (χ0) is 18.1. The summed E-state index contributed by atoms with van der Waals surface area (Å²) in [6, 6.07) is 11.9. The third kappa shape index (κ3) is 6.19. The van der Waals surface area contributed by atoms with Gasteiger partial charge in [-0.3, -0.25) is 4.99 Å². The van der Waals surface area contributed by atoms with Crippen molar-refractivity contribution < 1.29 is 13.9 Å². The Labute approximate surface area is 151 Å². The first-order valence-electron chi connectivity index (χ1n) is 7.79. The van der Waals surface area contributed by atoms with Gasteiger partial charge in [0.1, 0.15) is 5.82 Å². The van der Waals surface area contributed by atoms with Crippen molar-refractivity contribution in [1.29, 1.82) is 0 Å². The molecule has 3 N–H and O–H groups in total. The fraction of sp³-hybridized carbons (Fsp3) is 0.278. The zero-order valence-electron chi connectivity index (χ0n) is 14.3. The van der Waals surface area contributed by atoms with Gasteiger partial charge in [-0.25, -0.2) is 4.39 Å². The predicted molar refractivity (Wildman–Crippen MR) is 101 cm³/mol. The SMILES string of the molecule is COc1ccc(NC(N)=NCCCSc2ccc(F)cc2)cc1OC. The first kappa shape index (κ1) is 18.9. The number of nitrogens with one attached hydrogen (secondary N) is 1. The molecule has 0 unspecified atom stereocenters. The minimum atomic E-state index is -0.219. The zero-order valence-corrected chi connectivity index (χ0v) is 15.1. The number of anilines is 1. The molecule has 0 radical (unpaired) electrons. The fourth-order valence-corrected chi connectivity index (χ4v) is 2.92. The normalized spacial score (nSPS) is 11.2. The van der Waals surface area contributed by atoms with Crippen LogP contribution in [-0.2, 0) is 0 Å². The van der Waals surface area contributed by atoms with Gasteiger partial charge in [-0.2, -0.15) is 0 Å². The highest BCUT2D eigenvalue weighted by Crippen LogP contribution is 2.29. The molecule has 0 aliphatic rings. The molecule has 2 aromatic rings. The number of nitrogens with zero attached hydrogens (tertiary/aromatic N) is 1. The molecule has 0 aromatic heterocycles. The number of thioether (sulfide) groups is 1. The van der Waals surface area contributed by atoms with Crippen LogP contribution in [0.4, 0.5) is 10.1 Å². The number of hydrogen-bond acceptors (Lipinski definition) is 4. The second-order valence-corrected chi connectivity index (χ2v) is 6.29. The third-order valence-corrected chi connectivity index (χ3v) is 4.42. The van der Waals surface area contributed by atoms with Crippen LogP contribution in [0.5, 0.6) is 11.5 Å². The first-order chi connectivity index (χ1) is 12.1. The van der Waals surface area contributed by atoms with Crippen LogP contribution in [-0.4, -0.2) is 32.5 Å². The Morgan fingerprint density at radius 2 is 1.84 bits per heavy atom. The Bertz CT molecular complexity index is 708. The van der Waals surface area contributed by atoms with Gasteiger partial charge >= 0.3 is 0 Å². The van der Waals surface area contributed by atoms with E-state index in [1.807, 2.05) is 6.07 Å². The van der Waals surface area contributed by atoms with Crippen molar-refractivity contribution >= 4 is 23.4 Å². The van der Waals surface area contributed by atoms with Crippen LogP contribution in [0.3, 0.4) is 0 Å². The van der Waals surface area contributed by atoms with Crippen molar-refractivity contribution in [2.75, 3.05) is 31.8 Å². The van der Waals surface area contributed by atoms with Crippen molar-refractivity contribution in [2.24, 2.45) is 10.7 Å². The van der Waals surface area contributed by atoms with Gasteiger partial charge < -0.3 is 20.5 Å². The molecule has 5 nitrogen and oxygen atoms in total. The highest BCUT2D eigenvalue weighted by atomic mass is 32.2. The number of hydrogen-bond donors (Lipinski definition) is 2. The summed E-state index contributed by atoms with van der Waals surface area (Å²) in [7, 11) is 3.17. The molecule has 0 atom stereocenters. The number of guanidine groups is 1. The van der Waals surface area contributed by atoms with Crippen molar-refractivity contribution in [3.05, 3.63) is 48.3 Å². The van der Waals surface area contributed by atoms with Crippen LogP contribution in [0.25, 0.3) is 0 Å². The lowest BCUT2D eigenvalue weighted by atomic mass is 10.3. The molecule has 134 valence electrons. The summed E-state index contributed by atoms with van der Waals surface area (Å²) < 4.78 is 23.3. The Kier molecular flexibility index (Phi) is 7.40. The standard InChI is InChI=1S/C18H22FN3O2S/c1-23-16-9-6-14(12-17(16)24-2)22-18(20)21-10-3-11-25-15-7-4-13(19)5-8-15/h4-9,12H,3,10-11H2,1-2H3,(H3,20,21,22). The van der Waals surface area contributed by atoms with E-state index in [0.29, 0.717) is 24.0 Å². The fourth-order valence-electron chi connectivity index (χ4n) is 2.09. The second kappa shape index (κ2) is 9.78. The average molecular weight is 363 g/mol. The molecule has 2 aromatic carbocycles. The van der Waals surface area contributed by atoms with Crippen LogP contribution < -0.4 is 20.5 Å². The molecule has 0 saturated heterocycles. The third-order valence-electron chi connectivity index (χ3n) is 3.32. The summed E-state index contributed by atoms with van der Waals surface area (Å²) in [6.07, 6.45) is 0.871. The molecule has 0 aliphatic heterocycles. The highest BCUT2D eigenvalue weighted by Gasteiger charge is 2.05.